The number of likely N-dealkylation sites (tertiary alicyclic amines) is 1. The summed E-state index contributed by atoms with van der Waals surface area (Å²) in [6, 6.07) is 5.67. The highest BCUT2D eigenvalue weighted by molar-refractivity contribution is 5.99. The van der Waals surface area contributed by atoms with Gasteiger partial charge in [-0.3, -0.25) is 4.79 Å². The Morgan fingerprint density at radius 1 is 1.26 bits per heavy atom. The van der Waals surface area contributed by atoms with Gasteiger partial charge in [0.05, 0.1) is 5.56 Å². The summed E-state index contributed by atoms with van der Waals surface area (Å²) in [4.78, 5) is 14.5. The van der Waals surface area contributed by atoms with Gasteiger partial charge in [0.1, 0.15) is 0 Å². The van der Waals surface area contributed by atoms with Crippen LogP contribution in [0.4, 0.5) is 5.69 Å². The van der Waals surface area contributed by atoms with E-state index in [0.717, 1.165) is 31.5 Å². The molecule has 0 aliphatic carbocycles. The first-order valence-corrected chi connectivity index (χ1v) is 7.04. The minimum absolute atomic E-state index is 0.0789. The molecule has 0 unspecified atom stereocenters. The van der Waals surface area contributed by atoms with Gasteiger partial charge in [-0.25, -0.2) is 0 Å². The second-order valence-electron chi connectivity index (χ2n) is 6.40. The number of anilines is 1. The molecule has 1 aromatic carbocycles. The molecule has 0 saturated carbocycles. The average molecular weight is 260 g/mol. The van der Waals surface area contributed by atoms with Crippen molar-refractivity contribution >= 4 is 11.6 Å². The lowest BCUT2D eigenvalue weighted by atomic mass is 9.85. The van der Waals surface area contributed by atoms with Crippen molar-refractivity contribution in [3.8, 4) is 0 Å². The molecule has 1 fully saturated rings. The van der Waals surface area contributed by atoms with E-state index in [9.17, 15) is 4.79 Å². The van der Waals surface area contributed by atoms with Gasteiger partial charge < -0.3 is 10.6 Å². The molecule has 104 valence electrons. The predicted octanol–water partition coefficient (Wildman–Crippen LogP) is 3.23. The second-order valence-corrected chi connectivity index (χ2v) is 6.40. The summed E-state index contributed by atoms with van der Waals surface area (Å²) in [7, 11) is 0. The topological polar surface area (TPSA) is 46.3 Å². The van der Waals surface area contributed by atoms with E-state index in [1.165, 1.54) is 6.42 Å². The van der Waals surface area contributed by atoms with Crippen molar-refractivity contribution in [1.29, 1.82) is 0 Å². The number of hydrogen-bond donors (Lipinski definition) is 1. The molecule has 0 radical (unpaired) electrons. The van der Waals surface area contributed by atoms with E-state index >= 15 is 0 Å². The fraction of sp³-hybridized carbons (Fsp3) is 0.562. The number of amides is 1. The standard InChI is InChI=1S/C16H24N2O/c1-12-5-6-13(14(17)11-12)15(19)18-9-4-7-16(2,3)8-10-18/h5-6,11H,4,7-10,17H2,1-3H3. The quantitative estimate of drug-likeness (QED) is 0.788. The zero-order chi connectivity index (χ0) is 14.0. The number of benzene rings is 1. The zero-order valence-corrected chi connectivity index (χ0v) is 12.2. The van der Waals surface area contributed by atoms with Gasteiger partial charge in [0.15, 0.2) is 0 Å². The maximum atomic E-state index is 12.5. The lowest BCUT2D eigenvalue weighted by Crippen LogP contribution is -2.32. The monoisotopic (exact) mass is 260 g/mol. The highest BCUT2D eigenvalue weighted by atomic mass is 16.2. The average Bonchev–Trinajstić information content (AvgIpc) is 2.49. The van der Waals surface area contributed by atoms with E-state index in [4.69, 9.17) is 5.73 Å². The SMILES string of the molecule is Cc1ccc(C(=O)N2CCCC(C)(C)CC2)c(N)c1. The van der Waals surface area contributed by atoms with Gasteiger partial charge in [-0.05, 0) is 49.3 Å². The zero-order valence-electron chi connectivity index (χ0n) is 12.2. The number of nitrogens with two attached hydrogens (primary N) is 1. The van der Waals surface area contributed by atoms with Crippen LogP contribution in [0, 0.1) is 12.3 Å². The van der Waals surface area contributed by atoms with E-state index in [1.807, 2.05) is 30.0 Å². The first kappa shape index (κ1) is 13.9. The van der Waals surface area contributed by atoms with Gasteiger partial charge in [0.2, 0.25) is 0 Å². The van der Waals surface area contributed by atoms with E-state index in [2.05, 4.69) is 13.8 Å². The van der Waals surface area contributed by atoms with Crippen molar-refractivity contribution in [2.45, 2.75) is 40.0 Å². The molecule has 1 aliphatic rings. The Morgan fingerprint density at radius 2 is 2.00 bits per heavy atom. The second kappa shape index (κ2) is 5.24. The Kier molecular flexibility index (Phi) is 3.83. The molecular weight excluding hydrogens is 236 g/mol. The molecule has 3 heteroatoms. The van der Waals surface area contributed by atoms with E-state index in [-0.39, 0.29) is 5.91 Å². The van der Waals surface area contributed by atoms with Crippen LogP contribution >= 0.6 is 0 Å². The van der Waals surface area contributed by atoms with Gasteiger partial charge in [0, 0.05) is 18.8 Å². The summed E-state index contributed by atoms with van der Waals surface area (Å²) in [6.45, 7) is 8.22. The molecule has 2 N–H and O–H groups in total. The minimum atomic E-state index is 0.0789. The number of carbonyl (C=O) groups is 1. The molecule has 2 rings (SSSR count). The highest BCUT2D eigenvalue weighted by Crippen LogP contribution is 2.30. The van der Waals surface area contributed by atoms with Crippen LogP contribution < -0.4 is 5.73 Å². The molecule has 0 atom stereocenters. The smallest absolute Gasteiger partial charge is 0.255 e. The van der Waals surface area contributed by atoms with Gasteiger partial charge in [-0.15, -0.1) is 0 Å². The maximum Gasteiger partial charge on any atom is 0.255 e. The van der Waals surface area contributed by atoms with Crippen LogP contribution in [-0.4, -0.2) is 23.9 Å². The maximum absolute atomic E-state index is 12.5. The van der Waals surface area contributed by atoms with Crippen molar-refractivity contribution in [1.82, 2.24) is 4.90 Å². The third-order valence-electron chi connectivity index (χ3n) is 4.06. The van der Waals surface area contributed by atoms with Gasteiger partial charge >= 0.3 is 0 Å². The van der Waals surface area contributed by atoms with Crippen molar-refractivity contribution in [3.05, 3.63) is 29.3 Å². The molecule has 0 spiro atoms. The Labute approximate surface area is 115 Å². The van der Waals surface area contributed by atoms with Crippen molar-refractivity contribution in [3.63, 3.8) is 0 Å². The normalized spacial score (nSPS) is 19.0. The third kappa shape index (κ3) is 3.28. The van der Waals surface area contributed by atoms with E-state index in [0.29, 0.717) is 16.7 Å². The van der Waals surface area contributed by atoms with E-state index < -0.39 is 0 Å². The molecule has 0 aromatic heterocycles. The summed E-state index contributed by atoms with van der Waals surface area (Å²) in [5, 5.41) is 0. The first-order valence-electron chi connectivity index (χ1n) is 7.04. The minimum Gasteiger partial charge on any atom is -0.398 e. The summed E-state index contributed by atoms with van der Waals surface area (Å²) in [6.07, 6.45) is 3.31. The molecule has 0 bridgehead atoms. The molecule has 1 heterocycles. The number of hydrogen-bond acceptors (Lipinski definition) is 2. The van der Waals surface area contributed by atoms with E-state index in [1.54, 1.807) is 0 Å². The number of nitrogens with zero attached hydrogens (tertiary/aromatic N) is 1. The first-order chi connectivity index (χ1) is 8.89. The Hall–Kier alpha value is -1.51. The van der Waals surface area contributed by atoms with Crippen LogP contribution in [0.5, 0.6) is 0 Å². The molecule has 19 heavy (non-hydrogen) atoms. The number of aryl methyl sites for hydroxylation is 1. The number of nitrogen functional groups attached to an aromatic ring is 1. The fourth-order valence-electron chi connectivity index (χ4n) is 2.67. The lowest BCUT2D eigenvalue weighted by molar-refractivity contribution is 0.0758. The summed E-state index contributed by atoms with van der Waals surface area (Å²) >= 11 is 0. The van der Waals surface area contributed by atoms with Crippen molar-refractivity contribution in [2.24, 2.45) is 5.41 Å². The fourth-order valence-corrected chi connectivity index (χ4v) is 2.67. The molecule has 1 aromatic rings. The molecule has 1 aliphatic heterocycles. The molecular formula is C16H24N2O. The highest BCUT2D eigenvalue weighted by Gasteiger charge is 2.26. The van der Waals surface area contributed by atoms with Crippen LogP contribution in [-0.2, 0) is 0 Å². The molecule has 1 amide bonds. The Balaban J connectivity index is 2.15. The molecule has 3 nitrogen and oxygen atoms in total. The molecule has 1 saturated heterocycles. The van der Waals surface area contributed by atoms with Crippen molar-refractivity contribution < 1.29 is 4.79 Å². The Morgan fingerprint density at radius 3 is 2.68 bits per heavy atom. The summed E-state index contributed by atoms with van der Waals surface area (Å²) in [5.74, 6) is 0.0789. The van der Waals surface area contributed by atoms with Crippen LogP contribution in [0.25, 0.3) is 0 Å². The van der Waals surface area contributed by atoms with Crippen LogP contribution in [0.2, 0.25) is 0 Å². The van der Waals surface area contributed by atoms with Gasteiger partial charge in [0.25, 0.3) is 5.91 Å². The predicted molar refractivity (Wildman–Crippen MR) is 79.1 cm³/mol. The van der Waals surface area contributed by atoms with Gasteiger partial charge in [-0.2, -0.15) is 0 Å². The summed E-state index contributed by atoms with van der Waals surface area (Å²) in [5.41, 5.74) is 8.64. The van der Waals surface area contributed by atoms with Crippen LogP contribution in [0.1, 0.15) is 49.0 Å². The number of carbonyl (C=O) groups excluding carboxylic acids is 1. The Bertz CT molecular complexity index is 480. The van der Waals surface area contributed by atoms with Crippen molar-refractivity contribution in [2.75, 3.05) is 18.8 Å². The third-order valence-corrected chi connectivity index (χ3v) is 4.06. The summed E-state index contributed by atoms with van der Waals surface area (Å²) < 4.78 is 0. The number of rotatable bonds is 1. The lowest BCUT2D eigenvalue weighted by Gasteiger charge is -2.24. The van der Waals surface area contributed by atoms with Crippen LogP contribution in [0.3, 0.4) is 0 Å². The van der Waals surface area contributed by atoms with Gasteiger partial charge in [-0.1, -0.05) is 19.9 Å². The largest absolute Gasteiger partial charge is 0.398 e. The van der Waals surface area contributed by atoms with Crippen LogP contribution in [0.15, 0.2) is 18.2 Å².